The van der Waals surface area contributed by atoms with Crippen LogP contribution in [0.4, 0.5) is 14.5 Å². The first kappa shape index (κ1) is 21.1. The second kappa shape index (κ2) is 10.8. The van der Waals surface area contributed by atoms with Crippen molar-refractivity contribution >= 4 is 35.6 Å². The Labute approximate surface area is 162 Å². The van der Waals surface area contributed by atoms with Gasteiger partial charge in [0, 0.05) is 17.4 Å². The van der Waals surface area contributed by atoms with Gasteiger partial charge >= 0.3 is 0 Å². The molecule has 8 heteroatoms. The van der Waals surface area contributed by atoms with E-state index in [2.05, 4.69) is 22.2 Å². The van der Waals surface area contributed by atoms with Crippen LogP contribution in [0.5, 0.6) is 5.88 Å². The second-order valence-electron chi connectivity index (χ2n) is 5.05. The van der Waals surface area contributed by atoms with Gasteiger partial charge in [0.2, 0.25) is 5.88 Å². The van der Waals surface area contributed by atoms with Gasteiger partial charge in [-0.25, -0.2) is 18.8 Å². The Morgan fingerprint density at radius 3 is 2.84 bits per heavy atom. The number of rotatable bonds is 7. The van der Waals surface area contributed by atoms with Gasteiger partial charge in [-0.2, -0.15) is 0 Å². The number of halogens is 3. The molecule has 136 valence electrons. The van der Waals surface area contributed by atoms with Crippen LogP contribution in [0.2, 0.25) is 0 Å². The zero-order valence-electron chi connectivity index (χ0n) is 13.8. The van der Waals surface area contributed by atoms with E-state index >= 15 is 0 Å². The molecule has 0 fully saturated rings. The lowest BCUT2D eigenvalue weighted by Gasteiger charge is -2.09. The van der Waals surface area contributed by atoms with E-state index in [0.717, 1.165) is 12.1 Å². The Morgan fingerprint density at radius 1 is 1.32 bits per heavy atom. The molecule has 3 N–H and O–H groups in total. The van der Waals surface area contributed by atoms with Crippen molar-refractivity contribution in [3.05, 3.63) is 53.7 Å². The number of benzene rings is 1. The van der Waals surface area contributed by atoms with Crippen molar-refractivity contribution in [2.24, 2.45) is 10.7 Å². The number of nitrogens with one attached hydrogen (secondary N) is 1. The predicted octanol–water partition coefficient (Wildman–Crippen LogP) is 3.83. The molecule has 0 atom stereocenters. The average molecular weight is 462 g/mol. The van der Waals surface area contributed by atoms with Crippen LogP contribution < -0.4 is 15.8 Å². The summed E-state index contributed by atoms with van der Waals surface area (Å²) in [4.78, 5) is 8.16. The van der Waals surface area contributed by atoms with Crippen LogP contribution in [0.3, 0.4) is 0 Å². The Bertz CT molecular complexity index is 698. The van der Waals surface area contributed by atoms with Gasteiger partial charge in [-0.1, -0.05) is 25.1 Å². The van der Waals surface area contributed by atoms with Crippen LogP contribution in [0.25, 0.3) is 0 Å². The number of aryl methyl sites for hydroxylation is 1. The molecule has 0 radical (unpaired) electrons. The molecular weight excluding hydrogens is 441 g/mol. The molecule has 25 heavy (non-hydrogen) atoms. The van der Waals surface area contributed by atoms with E-state index in [-0.39, 0.29) is 42.4 Å². The topological polar surface area (TPSA) is 72.5 Å². The third-order valence-electron chi connectivity index (χ3n) is 3.22. The zero-order chi connectivity index (χ0) is 17.4. The molecule has 0 aliphatic heterocycles. The quantitative estimate of drug-likeness (QED) is 0.373. The molecule has 0 saturated carbocycles. The van der Waals surface area contributed by atoms with Crippen LogP contribution in [0.1, 0.15) is 18.1 Å². The molecule has 0 unspecified atom stereocenters. The van der Waals surface area contributed by atoms with Crippen molar-refractivity contribution in [1.82, 2.24) is 4.98 Å². The number of ether oxygens (including phenoxy) is 1. The van der Waals surface area contributed by atoms with Gasteiger partial charge in [0.1, 0.15) is 0 Å². The number of aliphatic imine (C=N–C) groups is 1. The Balaban J connectivity index is 0.00000312. The molecule has 1 aromatic heterocycles. The lowest BCUT2D eigenvalue weighted by atomic mass is 10.1. The number of aromatic nitrogens is 1. The minimum absolute atomic E-state index is 0. The molecule has 0 saturated heterocycles. The van der Waals surface area contributed by atoms with E-state index in [0.29, 0.717) is 5.56 Å². The molecule has 0 spiro atoms. The Hall–Kier alpha value is -1.97. The van der Waals surface area contributed by atoms with Gasteiger partial charge < -0.3 is 15.8 Å². The fraction of sp³-hybridized carbons (Fsp3) is 0.294. The van der Waals surface area contributed by atoms with Crippen LogP contribution in [-0.2, 0) is 13.0 Å². The molecular formula is C17H21F2IN4O. The van der Waals surface area contributed by atoms with Crippen molar-refractivity contribution in [1.29, 1.82) is 0 Å². The fourth-order valence-electron chi connectivity index (χ4n) is 2.04. The number of hydrogen-bond acceptors (Lipinski definition) is 3. The van der Waals surface area contributed by atoms with E-state index in [1.165, 1.54) is 11.8 Å². The van der Waals surface area contributed by atoms with Gasteiger partial charge in [0.15, 0.2) is 12.6 Å². The molecule has 2 rings (SSSR count). The smallest absolute Gasteiger partial charge is 0.272 e. The van der Waals surface area contributed by atoms with Gasteiger partial charge in [0.25, 0.3) is 6.43 Å². The number of nitrogens with zero attached hydrogens (tertiary/aromatic N) is 2. The summed E-state index contributed by atoms with van der Waals surface area (Å²) in [6.07, 6.45) is -0.153. The van der Waals surface area contributed by atoms with E-state index in [4.69, 9.17) is 10.5 Å². The number of hydrogen-bond donors (Lipinski definition) is 2. The number of guanidine groups is 1. The molecule has 0 aliphatic rings. The zero-order valence-corrected chi connectivity index (χ0v) is 16.1. The summed E-state index contributed by atoms with van der Waals surface area (Å²) in [7, 11) is 0. The maximum Gasteiger partial charge on any atom is 0.272 e. The van der Waals surface area contributed by atoms with Gasteiger partial charge in [-0.05, 0) is 30.2 Å². The van der Waals surface area contributed by atoms with E-state index in [1.807, 2.05) is 24.3 Å². The van der Waals surface area contributed by atoms with Crippen molar-refractivity contribution in [3.63, 3.8) is 0 Å². The summed E-state index contributed by atoms with van der Waals surface area (Å²) in [5.74, 6) is 0.370. The molecule has 0 bridgehead atoms. The fourth-order valence-corrected chi connectivity index (χ4v) is 2.04. The molecule has 0 aliphatic carbocycles. The highest BCUT2D eigenvalue weighted by Crippen LogP contribution is 2.16. The van der Waals surface area contributed by atoms with Gasteiger partial charge in [-0.3, -0.25) is 0 Å². The van der Waals surface area contributed by atoms with Crippen molar-refractivity contribution in [3.8, 4) is 5.88 Å². The van der Waals surface area contributed by atoms with Crippen LogP contribution in [-0.4, -0.2) is 24.0 Å². The number of nitrogens with two attached hydrogens (primary N) is 1. The van der Waals surface area contributed by atoms with E-state index in [1.54, 1.807) is 12.1 Å². The van der Waals surface area contributed by atoms with Crippen molar-refractivity contribution in [2.75, 3.05) is 11.9 Å². The lowest BCUT2D eigenvalue weighted by molar-refractivity contribution is 0.0791. The third kappa shape index (κ3) is 7.20. The predicted molar refractivity (Wildman–Crippen MR) is 106 cm³/mol. The van der Waals surface area contributed by atoms with Crippen molar-refractivity contribution in [2.45, 2.75) is 26.3 Å². The van der Waals surface area contributed by atoms with Crippen LogP contribution in [0, 0.1) is 0 Å². The summed E-state index contributed by atoms with van der Waals surface area (Å²) >= 11 is 0. The normalized spacial score (nSPS) is 11.1. The lowest BCUT2D eigenvalue weighted by Crippen LogP contribution is -2.22. The first-order chi connectivity index (χ1) is 11.6. The summed E-state index contributed by atoms with van der Waals surface area (Å²) in [5.41, 5.74) is 8.49. The minimum atomic E-state index is -2.55. The average Bonchev–Trinajstić information content (AvgIpc) is 2.59. The highest BCUT2D eigenvalue weighted by molar-refractivity contribution is 14.0. The van der Waals surface area contributed by atoms with E-state index in [9.17, 15) is 8.78 Å². The van der Waals surface area contributed by atoms with Gasteiger partial charge in [-0.15, -0.1) is 24.0 Å². The minimum Gasteiger partial charge on any atom is -0.471 e. The van der Waals surface area contributed by atoms with E-state index < -0.39 is 13.0 Å². The summed E-state index contributed by atoms with van der Waals surface area (Å²) in [5, 5.41) is 3.00. The molecule has 2 aromatic rings. The SMILES string of the molecule is CCc1cccc(NC(N)=NCc2cccnc2OCC(F)F)c1.I. The largest absolute Gasteiger partial charge is 0.471 e. The standard InChI is InChI=1S/C17H20F2N4O.HI/c1-2-12-5-3-7-14(9-12)23-17(20)22-10-13-6-4-8-21-16(13)24-11-15(18)19;/h3-9,15H,2,10-11H2,1H3,(H3,20,22,23);1H. The Kier molecular flexibility index (Phi) is 9.11. The number of anilines is 1. The van der Waals surface area contributed by atoms with Crippen LogP contribution in [0.15, 0.2) is 47.6 Å². The van der Waals surface area contributed by atoms with Crippen molar-refractivity contribution < 1.29 is 13.5 Å². The maximum absolute atomic E-state index is 12.3. The summed E-state index contributed by atoms with van der Waals surface area (Å²) in [6.45, 7) is 1.55. The molecule has 1 heterocycles. The third-order valence-corrected chi connectivity index (χ3v) is 3.22. The molecule has 5 nitrogen and oxygen atoms in total. The summed E-state index contributed by atoms with van der Waals surface area (Å²) < 4.78 is 29.5. The summed E-state index contributed by atoms with van der Waals surface area (Å²) in [6, 6.07) is 11.2. The van der Waals surface area contributed by atoms with Crippen LogP contribution >= 0.6 is 24.0 Å². The molecule has 1 aromatic carbocycles. The maximum atomic E-state index is 12.3. The highest BCUT2D eigenvalue weighted by atomic mass is 127. The highest BCUT2D eigenvalue weighted by Gasteiger charge is 2.08. The molecule has 0 amide bonds. The monoisotopic (exact) mass is 462 g/mol. The first-order valence-corrected chi connectivity index (χ1v) is 7.59. The second-order valence-corrected chi connectivity index (χ2v) is 5.05. The number of alkyl halides is 2. The van der Waals surface area contributed by atoms with Gasteiger partial charge in [0.05, 0.1) is 6.54 Å². The first-order valence-electron chi connectivity index (χ1n) is 7.59. The number of pyridine rings is 1. The Morgan fingerprint density at radius 2 is 2.12 bits per heavy atom.